The number of carbonyl (C=O) groups excluding carboxylic acids is 3. The number of thioether (sulfide) groups is 1. The summed E-state index contributed by atoms with van der Waals surface area (Å²) in [6.45, 7) is 3.07. The van der Waals surface area contributed by atoms with E-state index in [0.29, 0.717) is 12.2 Å². The van der Waals surface area contributed by atoms with Gasteiger partial charge in [-0.1, -0.05) is 13.8 Å². The van der Waals surface area contributed by atoms with Gasteiger partial charge in [0.2, 0.25) is 17.7 Å². The minimum Gasteiger partial charge on any atom is -0.480 e. The van der Waals surface area contributed by atoms with Gasteiger partial charge in [-0.3, -0.25) is 14.4 Å². The molecule has 9 nitrogen and oxygen atoms in total. The number of rotatable bonds is 12. The van der Waals surface area contributed by atoms with Crippen LogP contribution in [0.2, 0.25) is 0 Å². The summed E-state index contributed by atoms with van der Waals surface area (Å²) in [5.74, 6) is -2.54. The molecule has 3 amide bonds. The molecular weight excluding hydrogens is 380 g/mol. The van der Waals surface area contributed by atoms with E-state index >= 15 is 0 Å². The maximum atomic E-state index is 12.5. The van der Waals surface area contributed by atoms with Gasteiger partial charge in [0.05, 0.1) is 6.54 Å². The van der Waals surface area contributed by atoms with Gasteiger partial charge in [0.15, 0.2) is 0 Å². The monoisotopic (exact) mass is 408 g/mol. The van der Waals surface area contributed by atoms with E-state index in [1.165, 1.54) is 11.8 Å². The van der Waals surface area contributed by atoms with E-state index in [9.17, 15) is 24.3 Å². The van der Waals surface area contributed by atoms with Gasteiger partial charge in [0.25, 0.3) is 0 Å². The molecule has 3 atom stereocenters. The summed E-state index contributed by atoms with van der Waals surface area (Å²) in [6.07, 6.45) is 2.16. The third kappa shape index (κ3) is 8.77. The molecule has 0 aliphatic heterocycles. The smallest absolute Gasteiger partial charge is 0.326 e. The molecule has 0 saturated heterocycles. The number of carboxylic acids is 1. The fraction of sp³-hybridized carbons (Fsp3) is 0.733. The molecule has 0 rings (SSSR count). The highest BCUT2D eigenvalue weighted by atomic mass is 32.2. The van der Waals surface area contributed by atoms with Crippen LogP contribution in [0.15, 0.2) is 0 Å². The third-order valence-electron chi connectivity index (χ3n) is 3.49. The van der Waals surface area contributed by atoms with E-state index < -0.39 is 41.8 Å². The van der Waals surface area contributed by atoms with E-state index in [1.807, 2.05) is 6.26 Å². The molecule has 11 heteroatoms. The predicted molar refractivity (Wildman–Crippen MR) is 104 cm³/mol. The van der Waals surface area contributed by atoms with E-state index in [4.69, 9.17) is 5.73 Å². The Morgan fingerprint density at radius 1 is 1.08 bits per heavy atom. The topological polar surface area (TPSA) is 151 Å². The van der Waals surface area contributed by atoms with E-state index in [2.05, 4.69) is 28.6 Å². The fourth-order valence-electron chi connectivity index (χ4n) is 1.99. The molecule has 0 aromatic carbocycles. The highest BCUT2D eigenvalue weighted by molar-refractivity contribution is 7.98. The van der Waals surface area contributed by atoms with Crippen molar-refractivity contribution in [3.8, 4) is 0 Å². The largest absolute Gasteiger partial charge is 0.480 e. The van der Waals surface area contributed by atoms with Crippen molar-refractivity contribution < 1.29 is 24.3 Å². The van der Waals surface area contributed by atoms with Crippen LogP contribution in [-0.4, -0.2) is 71.2 Å². The lowest BCUT2D eigenvalue weighted by Gasteiger charge is -2.25. The van der Waals surface area contributed by atoms with Crippen LogP contribution >= 0.6 is 24.4 Å². The Morgan fingerprint density at radius 3 is 2.08 bits per heavy atom. The van der Waals surface area contributed by atoms with Crippen molar-refractivity contribution in [2.75, 3.05) is 24.3 Å². The second-order valence-corrected chi connectivity index (χ2v) is 7.27. The number of aliphatic carboxylic acids is 1. The second-order valence-electron chi connectivity index (χ2n) is 5.92. The first-order valence-corrected chi connectivity index (χ1v) is 10.1. The summed E-state index contributed by atoms with van der Waals surface area (Å²) in [4.78, 5) is 47.5. The van der Waals surface area contributed by atoms with Crippen LogP contribution in [0.5, 0.6) is 0 Å². The lowest BCUT2D eigenvalue weighted by Crippen LogP contribution is -2.57. The molecule has 0 aromatic rings. The Bertz CT molecular complexity index is 504. The van der Waals surface area contributed by atoms with Crippen molar-refractivity contribution >= 4 is 48.1 Å². The first-order valence-electron chi connectivity index (χ1n) is 8.10. The minimum absolute atomic E-state index is 0.0260. The molecule has 0 heterocycles. The Hall–Kier alpha value is -1.46. The average Bonchev–Trinajstić information content (AvgIpc) is 2.59. The molecule has 26 heavy (non-hydrogen) atoms. The standard InChI is InChI=1S/C15H28N4O5S2/c1-8(2)12(15(23)24)19-13(21)9(4-5-26-3)18-14(22)10(7-25)17-11(20)6-16/h8-10,12,25H,4-7,16H2,1-3H3,(H,17,20)(H,18,22)(H,19,21)(H,23,24). The number of nitrogens with one attached hydrogen (secondary N) is 3. The van der Waals surface area contributed by atoms with Gasteiger partial charge in [-0.15, -0.1) is 0 Å². The number of carbonyl (C=O) groups is 4. The molecule has 0 spiro atoms. The number of hydrogen-bond donors (Lipinski definition) is 6. The molecule has 150 valence electrons. The van der Waals surface area contributed by atoms with E-state index in [1.54, 1.807) is 13.8 Å². The van der Waals surface area contributed by atoms with Gasteiger partial charge in [0, 0.05) is 5.75 Å². The SMILES string of the molecule is CSCCC(NC(=O)C(CS)NC(=O)CN)C(=O)NC(C(=O)O)C(C)C. The Labute approximate surface area is 163 Å². The molecule has 0 aromatic heterocycles. The van der Waals surface area contributed by atoms with Crippen molar-refractivity contribution in [1.82, 2.24) is 16.0 Å². The number of carboxylic acid groups (broad SMARTS) is 1. The normalized spacial score (nSPS) is 14.2. The number of amides is 3. The Kier molecular flexibility index (Phi) is 12.1. The van der Waals surface area contributed by atoms with Gasteiger partial charge >= 0.3 is 5.97 Å². The highest BCUT2D eigenvalue weighted by Gasteiger charge is 2.30. The minimum atomic E-state index is -1.15. The quantitative estimate of drug-likeness (QED) is 0.223. The van der Waals surface area contributed by atoms with Crippen molar-refractivity contribution in [1.29, 1.82) is 0 Å². The Balaban J connectivity index is 5.11. The van der Waals surface area contributed by atoms with Gasteiger partial charge in [-0.25, -0.2) is 4.79 Å². The van der Waals surface area contributed by atoms with Gasteiger partial charge in [-0.2, -0.15) is 24.4 Å². The maximum absolute atomic E-state index is 12.5. The predicted octanol–water partition coefficient (Wildman–Crippen LogP) is -1.18. The van der Waals surface area contributed by atoms with Crippen LogP contribution in [0.4, 0.5) is 0 Å². The van der Waals surface area contributed by atoms with Gasteiger partial charge in [-0.05, 0) is 24.3 Å². The number of thiol groups is 1. The van der Waals surface area contributed by atoms with Gasteiger partial charge < -0.3 is 26.8 Å². The Morgan fingerprint density at radius 2 is 1.65 bits per heavy atom. The molecule has 0 aliphatic carbocycles. The third-order valence-corrected chi connectivity index (χ3v) is 4.50. The summed E-state index contributed by atoms with van der Waals surface area (Å²) in [5, 5.41) is 16.6. The molecule has 0 aliphatic rings. The highest BCUT2D eigenvalue weighted by Crippen LogP contribution is 2.06. The van der Waals surface area contributed by atoms with Crippen molar-refractivity contribution in [3.63, 3.8) is 0 Å². The molecule has 0 bridgehead atoms. The zero-order valence-electron chi connectivity index (χ0n) is 15.2. The van der Waals surface area contributed by atoms with Gasteiger partial charge in [0.1, 0.15) is 18.1 Å². The van der Waals surface area contributed by atoms with Crippen LogP contribution in [0.1, 0.15) is 20.3 Å². The summed E-state index contributed by atoms with van der Waals surface area (Å²) in [6, 6.07) is -2.93. The number of nitrogens with two attached hydrogens (primary N) is 1. The molecule has 0 fully saturated rings. The van der Waals surface area contributed by atoms with Crippen LogP contribution in [0, 0.1) is 5.92 Å². The first-order chi connectivity index (χ1) is 12.2. The lowest BCUT2D eigenvalue weighted by molar-refractivity contribution is -0.143. The van der Waals surface area contributed by atoms with E-state index in [-0.39, 0.29) is 18.2 Å². The van der Waals surface area contributed by atoms with E-state index in [0.717, 1.165) is 0 Å². The summed E-state index contributed by atoms with van der Waals surface area (Å²) >= 11 is 5.51. The molecule has 6 N–H and O–H groups in total. The molecule has 0 radical (unpaired) electrons. The number of hydrogen-bond acceptors (Lipinski definition) is 7. The first kappa shape index (κ1) is 24.5. The van der Waals surface area contributed by atoms with Crippen LogP contribution in [-0.2, 0) is 19.2 Å². The zero-order valence-corrected chi connectivity index (χ0v) is 16.9. The summed E-state index contributed by atoms with van der Waals surface area (Å²) in [7, 11) is 0. The molecule has 0 saturated carbocycles. The molecular formula is C15H28N4O5S2. The maximum Gasteiger partial charge on any atom is 0.326 e. The van der Waals surface area contributed by atoms with Crippen molar-refractivity contribution in [3.05, 3.63) is 0 Å². The van der Waals surface area contributed by atoms with Crippen molar-refractivity contribution in [2.24, 2.45) is 11.7 Å². The summed E-state index contributed by atoms with van der Waals surface area (Å²) in [5.41, 5.74) is 5.21. The van der Waals surface area contributed by atoms with Crippen LogP contribution in [0.25, 0.3) is 0 Å². The lowest BCUT2D eigenvalue weighted by atomic mass is 10.0. The average molecular weight is 409 g/mol. The van der Waals surface area contributed by atoms with Crippen LogP contribution < -0.4 is 21.7 Å². The second kappa shape index (κ2) is 12.8. The summed E-state index contributed by atoms with van der Waals surface area (Å²) < 4.78 is 0. The fourth-order valence-corrected chi connectivity index (χ4v) is 2.72. The zero-order chi connectivity index (χ0) is 20.3. The van der Waals surface area contributed by atoms with Crippen molar-refractivity contribution in [2.45, 2.75) is 38.4 Å². The molecule has 3 unspecified atom stereocenters. The van der Waals surface area contributed by atoms with Crippen LogP contribution in [0.3, 0.4) is 0 Å².